The average molecular weight is 559 g/mol. The molecule has 0 aliphatic rings. The third kappa shape index (κ3) is 7.22. The zero-order chi connectivity index (χ0) is 27.8. The average Bonchev–Trinajstić information content (AvgIpc) is 3.54. The van der Waals surface area contributed by atoms with E-state index in [9.17, 15) is 20.1 Å². The number of rotatable bonds is 10. The van der Waals surface area contributed by atoms with Crippen LogP contribution in [0.5, 0.6) is 0 Å². The number of carbonyl (C=O) groups is 2. The lowest BCUT2D eigenvalue weighted by atomic mass is 10.00. The van der Waals surface area contributed by atoms with Crippen LogP contribution in [-0.4, -0.2) is 52.8 Å². The maximum atomic E-state index is 12.4. The molecular formula is C25H22N10O2S2. The van der Waals surface area contributed by atoms with Gasteiger partial charge in [-0.3, -0.25) is 9.59 Å². The lowest BCUT2D eigenvalue weighted by Gasteiger charge is -2.11. The van der Waals surface area contributed by atoms with Crippen LogP contribution in [0.25, 0.3) is 0 Å². The Morgan fingerprint density at radius 2 is 1.23 bits per heavy atom. The fraction of sp³-hybridized carbons (Fsp3) is 0.200. The first kappa shape index (κ1) is 27.4. The molecule has 2 heterocycles. The minimum Gasteiger partial charge on any atom is -0.324 e. The highest BCUT2D eigenvalue weighted by Crippen LogP contribution is 2.23. The van der Waals surface area contributed by atoms with Gasteiger partial charge in [-0.05, 0) is 41.8 Å². The van der Waals surface area contributed by atoms with E-state index < -0.39 is 0 Å². The molecule has 2 N–H and O–H groups in total. The monoisotopic (exact) mass is 558 g/mol. The highest BCUT2D eigenvalue weighted by atomic mass is 32.2. The lowest BCUT2D eigenvalue weighted by Crippen LogP contribution is -2.15. The number of benzene rings is 2. The largest absolute Gasteiger partial charge is 0.324 e. The minimum atomic E-state index is -0.265. The van der Waals surface area contributed by atoms with Gasteiger partial charge in [0.1, 0.15) is 24.8 Å². The number of amides is 2. The summed E-state index contributed by atoms with van der Waals surface area (Å²) in [4.78, 5) is 24.8. The number of nitrogens with zero attached hydrogens (tertiary/aromatic N) is 8. The summed E-state index contributed by atoms with van der Waals surface area (Å²) in [6.45, 7) is 0. The number of aromatic nitrogens is 6. The second-order valence-corrected chi connectivity index (χ2v) is 10.2. The molecule has 0 fully saturated rings. The Morgan fingerprint density at radius 1 is 0.795 bits per heavy atom. The Hall–Kier alpha value is -4.66. The molecule has 0 radical (unpaired) electrons. The predicted octanol–water partition coefficient (Wildman–Crippen LogP) is 2.74. The molecule has 0 aliphatic heterocycles. The van der Waals surface area contributed by atoms with Crippen molar-refractivity contribution in [1.29, 1.82) is 10.5 Å². The van der Waals surface area contributed by atoms with E-state index in [1.54, 1.807) is 60.1 Å². The van der Waals surface area contributed by atoms with E-state index in [1.807, 2.05) is 12.1 Å². The van der Waals surface area contributed by atoms with Crippen molar-refractivity contribution in [1.82, 2.24) is 29.5 Å². The van der Waals surface area contributed by atoms with Crippen LogP contribution in [0.1, 0.15) is 22.3 Å². The van der Waals surface area contributed by atoms with Crippen molar-refractivity contribution >= 4 is 46.7 Å². The van der Waals surface area contributed by atoms with Crippen LogP contribution in [0.15, 0.2) is 59.4 Å². The van der Waals surface area contributed by atoms with Crippen LogP contribution in [0.4, 0.5) is 11.4 Å². The highest BCUT2D eigenvalue weighted by Gasteiger charge is 2.13. The van der Waals surface area contributed by atoms with Crippen molar-refractivity contribution in [3.05, 3.63) is 71.3 Å². The lowest BCUT2D eigenvalue weighted by molar-refractivity contribution is -0.114. The summed E-state index contributed by atoms with van der Waals surface area (Å²) >= 11 is 2.49. The number of thioether (sulfide) groups is 2. The van der Waals surface area contributed by atoms with Crippen LogP contribution in [-0.2, 0) is 30.1 Å². The number of carbonyl (C=O) groups excluding carboxylic acids is 2. The van der Waals surface area contributed by atoms with Crippen molar-refractivity contribution in [3.8, 4) is 12.1 Å². The molecule has 0 saturated heterocycles. The van der Waals surface area contributed by atoms with Gasteiger partial charge in [0.2, 0.25) is 11.8 Å². The molecule has 0 aliphatic carbocycles. The summed E-state index contributed by atoms with van der Waals surface area (Å²) in [5.41, 5.74) is 3.15. The normalized spacial score (nSPS) is 10.5. The van der Waals surface area contributed by atoms with Gasteiger partial charge in [-0.2, -0.15) is 10.5 Å². The highest BCUT2D eigenvalue weighted by molar-refractivity contribution is 8.00. The third-order valence-electron chi connectivity index (χ3n) is 5.37. The maximum absolute atomic E-state index is 12.4. The van der Waals surface area contributed by atoms with Crippen LogP contribution < -0.4 is 10.6 Å². The van der Waals surface area contributed by atoms with E-state index in [0.29, 0.717) is 39.2 Å². The maximum Gasteiger partial charge on any atom is 0.234 e. The van der Waals surface area contributed by atoms with Crippen molar-refractivity contribution in [2.24, 2.45) is 14.1 Å². The van der Waals surface area contributed by atoms with Crippen molar-refractivity contribution in [2.45, 2.75) is 16.7 Å². The number of nitrogens with one attached hydrogen (secondary N) is 2. The molecule has 2 aromatic heterocycles. The SMILES string of the molecule is Cn1cnnc1SCC(=O)Nc1ccc(Cc2ccc(NC(=O)CSc3nncn3C)c(C#N)c2)cc1C#N. The fourth-order valence-corrected chi connectivity index (χ4v) is 4.86. The summed E-state index contributed by atoms with van der Waals surface area (Å²) in [6.07, 6.45) is 3.56. The minimum absolute atomic E-state index is 0.123. The van der Waals surface area contributed by atoms with Gasteiger partial charge in [0, 0.05) is 14.1 Å². The summed E-state index contributed by atoms with van der Waals surface area (Å²) in [6, 6.07) is 14.7. The van der Waals surface area contributed by atoms with Gasteiger partial charge in [-0.25, -0.2) is 0 Å². The summed E-state index contributed by atoms with van der Waals surface area (Å²) in [7, 11) is 3.58. The molecule has 0 spiro atoms. The van der Waals surface area contributed by atoms with Gasteiger partial charge >= 0.3 is 0 Å². The van der Waals surface area contributed by atoms with Crippen molar-refractivity contribution < 1.29 is 9.59 Å². The second-order valence-electron chi connectivity index (χ2n) is 8.28. The van der Waals surface area contributed by atoms with Gasteiger partial charge in [0.15, 0.2) is 10.3 Å². The standard InChI is InChI=1S/C25H22N10O2S2/c1-34-14-28-32-24(34)38-12-22(36)30-20-5-3-16(8-18(20)10-26)7-17-4-6-21(19(9-17)11-27)31-23(37)13-39-25-33-29-15-35(25)2/h3-6,8-9,14-15H,7,12-13H2,1-2H3,(H,30,36)(H,31,37). The first-order valence-corrected chi connectivity index (χ1v) is 13.4. The Bertz CT molecular complexity index is 1480. The summed E-state index contributed by atoms with van der Waals surface area (Å²) < 4.78 is 3.43. The number of hydrogen-bond acceptors (Lipinski definition) is 10. The second kappa shape index (κ2) is 12.7. The van der Waals surface area contributed by atoms with E-state index in [-0.39, 0.29) is 23.3 Å². The van der Waals surface area contributed by atoms with E-state index in [2.05, 4.69) is 43.2 Å². The first-order chi connectivity index (χ1) is 18.9. The molecule has 0 unspecified atom stereocenters. The van der Waals surface area contributed by atoms with Crippen LogP contribution in [0.2, 0.25) is 0 Å². The zero-order valence-corrected chi connectivity index (χ0v) is 22.6. The predicted molar refractivity (Wildman–Crippen MR) is 146 cm³/mol. The Labute approximate surface area is 232 Å². The van der Waals surface area contributed by atoms with Gasteiger partial charge in [0.25, 0.3) is 0 Å². The van der Waals surface area contributed by atoms with E-state index >= 15 is 0 Å². The molecule has 196 valence electrons. The smallest absolute Gasteiger partial charge is 0.234 e. The van der Waals surface area contributed by atoms with Crippen LogP contribution in [0, 0.1) is 22.7 Å². The molecule has 14 heteroatoms. The van der Waals surface area contributed by atoms with Gasteiger partial charge in [-0.15, -0.1) is 20.4 Å². The first-order valence-electron chi connectivity index (χ1n) is 11.5. The zero-order valence-electron chi connectivity index (χ0n) is 21.0. The molecule has 4 aromatic rings. The van der Waals surface area contributed by atoms with Crippen molar-refractivity contribution in [2.75, 3.05) is 22.1 Å². The Balaban J connectivity index is 1.37. The molecule has 39 heavy (non-hydrogen) atoms. The molecule has 2 amide bonds. The topological polar surface area (TPSA) is 167 Å². The fourth-order valence-electron chi connectivity index (χ4n) is 3.48. The number of hydrogen-bond donors (Lipinski definition) is 2. The van der Waals surface area contributed by atoms with Gasteiger partial charge in [-0.1, -0.05) is 35.7 Å². The third-order valence-corrected chi connectivity index (χ3v) is 7.44. The number of nitriles is 2. The Morgan fingerprint density at radius 3 is 1.59 bits per heavy atom. The molecule has 4 rings (SSSR count). The quantitative estimate of drug-likeness (QED) is 0.276. The number of aryl methyl sites for hydroxylation is 2. The summed E-state index contributed by atoms with van der Waals surface area (Å²) in [5.74, 6) is -0.285. The van der Waals surface area contributed by atoms with Crippen LogP contribution >= 0.6 is 23.5 Å². The number of anilines is 2. The summed E-state index contributed by atoms with van der Waals surface area (Å²) in [5, 5.41) is 41.5. The van der Waals surface area contributed by atoms with Crippen molar-refractivity contribution in [3.63, 3.8) is 0 Å². The molecular weight excluding hydrogens is 536 g/mol. The molecule has 2 aromatic carbocycles. The molecule has 0 atom stereocenters. The molecule has 0 bridgehead atoms. The molecule has 0 saturated carbocycles. The van der Waals surface area contributed by atoms with Gasteiger partial charge in [0.05, 0.1) is 34.0 Å². The Kier molecular flexibility index (Phi) is 8.94. The molecule has 12 nitrogen and oxygen atoms in total. The van der Waals surface area contributed by atoms with Gasteiger partial charge < -0.3 is 19.8 Å². The van der Waals surface area contributed by atoms with Crippen LogP contribution in [0.3, 0.4) is 0 Å². The van der Waals surface area contributed by atoms with E-state index in [4.69, 9.17) is 0 Å². The van der Waals surface area contributed by atoms with E-state index in [0.717, 1.165) is 11.1 Å². The van der Waals surface area contributed by atoms with E-state index in [1.165, 1.54) is 23.5 Å².